The van der Waals surface area contributed by atoms with E-state index in [1.54, 1.807) is 11.0 Å². The van der Waals surface area contributed by atoms with E-state index >= 15 is 0 Å². The van der Waals surface area contributed by atoms with E-state index in [2.05, 4.69) is 0 Å². The molecule has 0 aliphatic carbocycles. The number of esters is 1. The number of ether oxygens (including phenoxy) is 1. The maximum atomic E-state index is 12.1. The van der Waals surface area contributed by atoms with Crippen molar-refractivity contribution in [3.63, 3.8) is 0 Å². The summed E-state index contributed by atoms with van der Waals surface area (Å²) in [7, 11) is 1.38. The zero-order valence-electron chi connectivity index (χ0n) is 11.8. The van der Waals surface area contributed by atoms with Gasteiger partial charge in [0.1, 0.15) is 11.5 Å². The number of hydrogen-bond acceptors (Lipinski definition) is 4. The first-order chi connectivity index (χ1) is 9.60. The molecule has 1 aromatic rings. The molecule has 1 amide bonds. The van der Waals surface area contributed by atoms with Crippen LogP contribution in [0.3, 0.4) is 0 Å². The normalized spacial score (nSPS) is 19.3. The Morgan fingerprint density at radius 2 is 2.25 bits per heavy atom. The fraction of sp³-hybridized carbons (Fsp3) is 0.467. The van der Waals surface area contributed by atoms with Crippen molar-refractivity contribution < 1.29 is 18.7 Å². The predicted octanol–water partition coefficient (Wildman–Crippen LogP) is 2.01. The average Bonchev–Trinajstić information content (AvgIpc) is 2.89. The summed E-state index contributed by atoms with van der Waals surface area (Å²) in [6.07, 6.45) is 4.73. The lowest BCUT2D eigenvalue weighted by Crippen LogP contribution is -2.41. The van der Waals surface area contributed by atoms with Gasteiger partial charge in [-0.25, -0.2) is 0 Å². The Labute approximate surface area is 118 Å². The van der Waals surface area contributed by atoms with Gasteiger partial charge in [0.15, 0.2) is 0 Å². The number of rotatable bonds is 3. The minimum absolute atomic E-state index is 0.104. The van der Waals surface area contributed by atoms with Crippen molar-refractivity contribution in [1.29, 1.82) is 0 Å². The van der Waals surface area contributed by atoms with E-state index in [-0.39, 0.29) is 17.8 Å². The Morgan fingerprint density at radius 1 is 1.45 bits per heavy atom. The molecule has 1 aromatic heterocycles. The molecule has 0 saturated carbocycles. The second kappa shape index (κ2) is 6.41. The Kier molecular flexibility index (Phi) is 4.61. The SMILES string of the molecule is COC(=O)[C@H]1CCCN(C(=O)/C=C/c2ccc(C)o2)C1. The third-order valence-corrected chi connectivity index (χ3v) is 3.42. The van der Waals surface area contributed by atoms with Gasteiger partial charge < -0.3 is 14.1 Å². The lowest BCUT2D eigenvalue weighted by Gasteiger charge is -2.30. The van der Waals surface area contributed by atoms with Gasteiger partial charge in [-0.2, -0.15) is 0 Å². The van der Waals surface area contributed by atoms with Crippen LogP contribution < -0.4 is 0 Å². The van der Waals surface area contributed by atoms with Gasteiger partial charge in [0.2, 0.25) is 5.91 Å². The number of likely N-dealkylation sites (tertiary alicyclic amines) is 1. The topological polar surface area (TPSA) is 59.8 Å². The number of piperidine rings is 1. The van der Waals surface area contributed by atoms with Crippen LogP contribution in [0.5, 0.6) is 0 Å². The number of carbonyl (C=O) groups is 2. The Hall–Kier alpha value is -2.04. The fourth-order valence-electron chi connectivity index (χ4n) is 2.34. The number of carbonyl (C=O) groups excluding carboxylic acids is 2. The van der Waals surface area contributed by atoms with Crippen molar-refractivity contribution in [2.45, 2.75) is 19.8 Å². The number of furan rings is 1. The fourth-order valence-corrected chi connectivity index (χ4v) is 2.34. The van der Waals surface area contributed by atoms with Gasteiger partial charge in [0, 0.05) is 19.2 Å². The van der Waals surface area contributed by atoms with Gasteiger partial charge in [-0.3, -0.25) is 9.59 Å². The summed E-state index contributed by atoms with van der Waals surface area (Å²) < 4.78 is 10.1. The molecule has 5 heteroatoms. The Bertz CT molecular complexity index is 518. The van der Waals surface area contributed by atoms with E-state index in [1.165, 1.54) is 13.2 Å². The van der Waals surface area contributed by atoms with Crippen LogP contribution in [0.1, 0.15) is 24.4 Å². The molecule has 0 unspecified atom stereocenters. The molecule has 1 aliphatic heterocycles. The van der Waals surface area contributed by atoms with Crippen molar-refractivity contribution >= 4 is 18.0 Å². The van der Waals surface area contributed by atoms with Crippen LogP contribution in [0.25, 0.3) is 6.08 Å². The first-order valence-electron chi connectivity index (χ1n) is 6.71. The van der Waals surface area contributed by atoms with Crippen molar-refractivity contribution in [3.8, 4) is 0 Å². The molecule has 0 spiro atoms. The minimum Gasteiger partial charge on any atom is -0.469 e. The third-order valence-electron chi connectivity index (χ3n) is 3.42. The van der Waals surface area contributed by atoms with Gasteiger partial charge in [-0.05, 0) is 38.0 Å². The molecule has 2 rings (SSSR count). The van der Waals surface area contributed by atoms with E-state index < -0.39 is 0 Å². The molecule has 20 heavy (non-hydrogen) atoms. The van der Waals surface area contributed by atoms with Crippen LogP contribution in [0, 0.1) is 12.8 Å². The quantitative estimate of drug-likeness (QED) is 0.626. The van der Waals surface area contributed by atoms with Gasteiger partial charge in [0.25, 0.3) is 0 Å². The molecule has 1 saturated heterocycles. The van der Waals surface area contributed by atoms with Crippen LogP contribution in [0.15, 0.2) is 22.6 Å². The number of methoxy groups -OCH3 is 1. The first-order valence-corrected chi connectivity index (χ1v) is 6.71. The molecule has 0 bridgehead atoms. The maximum Gasteiger partial charge on any atom is 0.310 e. The van der Waals surface area contributed by atoms with Gasteiger partial charge in [-0.15, -0.1) is 0 Å². The van der Waals surface area contributed by atoms with Crippen molar-refractivity contribution in [1.82, 2.24) is 4.90 Å². The number of nitrogens with zero attached hydrogens (tertiary/aromatic N) is 1. The molecule has 5 nitrogen and oxygen atoms in total. The third kappa shape index (κ3) is 3.50. The highest BCUT2D eigenvalue weighted by Crippen LogP contribution is 2.18. The smallest absolute Gasteiger partial charge is 0.310 e. The summed E-state index contributed by atoms with van der Waals surface area (Å²) >= 11 is 0. The molecule has 1 aliphatic rings. The molecule has 0 radical (unpaired) electrons. The zero-order chi connectivity index (χ0) is 14.5. The summed E-state index contributed by atoms with van der Waals surface area (Å²) in [5.74, 6) is 0.899. The van der Waals surface area contributed by atoms with Crippen molar-refractivity contribution in [2.75, 3.05) is 20.2 Å². The standard InChI is InChI=1S/C15H19NO4/c1-11-5-6-13(20-11)7-8-14(17)16-9-3-4-12(10-16)15(18)19-2/h5-8,12H,3-4,9-10H2,1-2H3/b8-7+/t12-/m0/s1. The minimum atomic E-state index is -0.242. The van der Waals surface area contributed by atoms with Crippen LogP contribution in [0.2, 0.25) is 0 Å². The summed E-state index contributed by atoms with van der Waals surface area (Å²) in [5.41, 5.74) is 0. The summed E-state index contributed by atoms with van der Waals surface area (Å²) in [5, 5.41) is 0. The van der Waals surface area contributed by atoms with Crippen LogP contribution in [0.4, 0.5) is 0 Å². The molecular weight excluding hydrogens is 258 g/mol. The molecule has 108 valence electrons. The van der Waals surface area contributed by atoms with E-state index in [4.69, 9.17) is 9.15 Å². The first kappa shape index (κ1) is 14.4. The van der Waals surface area contributed by atoms with Gasteiger partial charge in [-0.1, -0.05) is 0 Å². The van der Waals surface area contributed by atoms with Gasteiger partial charge >= 0.3 is 5.97 Å². The lowest BCUT2D eigenvalue weighted by molar-refractivity contribution is -0.148. The molecule has 2 heterocycles. The summed E-state index contributed by atoms with van der Waals surface area (Å²) in [6, 6.07) is 3.66. The molecule has 0 N–H and O–H groups in total. The highest BCUT2D eigenvalue weighted by molar-refractivity contribution is 5.91. The second-order valence-corrected chi connectivity index (χ2v) is 4.93. The number of hydrogen-bond donors (Lipinski definition) is 0. The maximum absolute atomic E-state index is 12.1. The van der Waals surface area contributed by atoms with E-state index in [0.717, 1.165) is 18.6 Å². The largest absolute Gasteiger partial charge is 0.469 e. The predicted molar refractivity (Wildman–Crippen MR) is 73.8 cm³/mol. The van der Waals surface area contributed by atoms with E-state index in [1.807, 2.05) is 19.1 Å². The monoisotopic (exact) mass is 277 g/mol. The number of amides is 1. The zero-order valence-corrected chi connectivity index (χ0v) is 11.8. The van der Waals surface area contributed by atoms with Gasteiger partial charge in [0.05, 0.1) is 13.0 Å². The average molecular weight is 277 g/mol. The molecule has 1 atom stereocenters. The summed E-state index contributed by atoms with van der Waals surface area (Å²) in [4.78, 5) is 25.3. The second-order valence-electron chi connectivity index (χ2n) is 4.93. The van der Waals surface area contributed by atoms with Crippen molar-refractivity contribution in [2.24, 2.45) is 5.92 Å². The highest BCUT2D eigenvalue weighted by Gasteiger charge is 2.28. The van der Waals surface area contributed by atoms with Crippen LogP contribution in [-0.2, 0) is 14.3 Å². The van der Waals surface area contributed by atoms with E-state index in [0.29, 0.717) is 18.8 Å². The van der Waals surface area contributed by atoms with Crippen molar-refractivity contribution in [3.05, 3.63) is 29.7 Å². The van der Waals surface area contributed by atoms with E-state index in [9.17, 15) is 9.59 Å². The lowest BCUT2D eigenvalue weighted by atomic mass is 9.98. The Balaban J connectivity index is 1.95. The highest BCUT2D eigenvalue weighted by atomic mass is 16.5. The molecular formula is C15H19NO4. The van der Waals surface area contributed by atoms with Crippen LogP contribution >= 0.6 is 0 Å². The molecule has 1 fully saturated rings. The Morgan fingerprint density at radius 3 is 2.90 bits per heavy atom. The van der Waals surface area contributed by atoms with Crippen LogP contribution in [-0.4, -0.2) is 37.0 Å². The summed E-state index contributed by atoms with van der Waals surface area (Å²) in [6.45, 7) is 2.95. The molecule has 0 aromatic carbocycles. The number of aryl methyl sites for hydroxylation is 1.